The van der Waals surface area contributed by atoms with Crippen LogP contribution in [0.3, 0.4) is 0 Å². The second kappa shape index (κ2) is 6.04. The van der Waals surface area contributed by atoms with E-state index in [1.807, 2.05) is 0 Å². The van der Waals surface area contributed by atoms with Crippen molar-refractivity contribution in [3.8, 4) is 5.75 Å². The zero-order valence-corrected chi connectivity index (χ0v) is 12.1. The van der Waals surface area contributed by atoms with Gasteiger partial charge in [0.2, 0.25) is 0 Å². The van der Waals surface area contributed by atoms with Crippen LogP contribution in [0.15, 0.2) is 18.2 Å². The molecule has 6 heteroatoms. The quantitative estimate of drug-likeness (QED) is 0.680. The number of anilines is 1. The molecule has 0 unspecified atom stereocenters. The third-order valence-electron chi connectivity index (χ3n) is 2.97. The van der Waals surface area contributed by atoms with Crippen LogP contribution in [-0.4, -0.2) is 19.4 Å². The molecule has 106 valence electrons. The van der Waals surface area contributed by atoms with Gasteiger partial charge in [-0.15, -0.1) is 0 Å². The standard InChI is InChI=1S/C13H19FNO3P/c1-13(2)8-16-19(17-9-13)6-5-10-3-4-11(18-14)7-12(10)15/h3-4,7H,5-6,8-9,15H2,1-2H3. The molecule has 0 spiro atoms. The lowest BCUT2D eigenvalue weighted by Crippen LogP contribution is -2.28. The van der Waals surface area contributed by atoms with Gasteiger partial charge in [0, 0.05) is 27.9 Å². The normalized spacial score (nSPS) is 19.3. The van der Waals surface area contributed by atoms with Crippen LogP contribution in [0.5, 0.6) is 5.75 Å². The average Bonchev–Trinajstić information content (AvgIpc) is 2.38. The number of nitrogens with two attached hydrogens (primary N) is 1. The first-order valence-electron chi connectivity index (χ1n) is 6.20. The van der Waals surface area contributed by atoms with Crippen molar-refractivity contribution in [3.05, 3.63) is 23.8 Å². The molecule has 2 N–H and O–H groups in total. The van der Waals surface area contributed by atoms with Gasteiger partial charge in [0.25, 0.3) is 0 Å². The van der Waals surface area contributed by atoms with Gasteiger partial charge in [-0.2, -0.15) is 0 Å². The molecule has 0 bridgehead atoms. The molecule has 0 amide bonds. The van der Waals surface area contributed by atoms with Gasteiger partial charge in [-0.3, -0.25) is 4.94 Å². The minimum atomic E-state index is -0.838. The highest BCUT2D eigenvalue weighted by Crippen LogP contribution is 2.46. The Labute approximate surface area is 113 Å². The molecule has 1 aliphatic rings. The molecule has 1 heterocycles. The predicted octanol–water partition coefficient (Wildman–Crippen LogP) is 3.46. The second-order valence-electron chi connectivity index (χ2n) is 5.46. The van der Waals surface area contributed by atoms with Gasteiger partial charge in [0.05, 0.1) is 13.2 Å². The zero-order chi connectivity index (χ0) is 13.9. The van der Waals surface area contributed by atoms with Gasteiger partial charge in [0.15, 0.2) is 14.1 Å². The minimum Gasteiger partial charge on any atom is -0.398 e. The second-order valence-corrected chi connectivity index (χ2v) is 7.08. The van der Waals surface area contributed by atoms with E-state index in [4.69, 9.17) is 14.8 Å². The summed E-state index contributed by atoms with van der Waals surface area (Å²) in [5.41, 5.74) is 7.42. The lowest BCUT2D eigenvalue weighted by molar-refractivity contribution is -0.00614. The largest absolute Gasteiger partial charge is 0.398 e. The number of rotatable bonds is 4. The Morgan fingerprint density at radius 1 is 1.37 bits per heavy atom. The van der Waals surface area contributed by atoms with Crippen molar-refractivity contribution in [2.75, 3.05) is 25.1 Å². The fourth-order valence-electron chi connectivity index (χ4n) is 1.76. The molecule has 1 fully saturated rings. The summed E-state index contributed by atoms with van der Waals surface area (Å²) < 4.78 is 23.4. The molecule has 0 aliphatic carbocycles. The van der Waals surface area contributed by atoms with E-state index in [0.717, 1.165) is 31.4 Å². The molecule has 4 nitrogen and oxygen atoms in total. The van der Waals surface area contributed by atoms with Crippen LogP contribution in [0.25, 0.3) is 0 Å². The van der Waals surface area contributed by atoms with Crippen molar-refractivity contribution in [3.63, 3.8) is 0 Å². The van der Waals surface area contributed by atoms with Crippen LogP contribution in [-0.2, 0) is 15.5 Å². The molecular weight excluding hydrogens is 268 g/mol. The highest BCUT2D eigenvalue weighted by atomic mass is 31.2. The monoisotopic (exact) mass is 287 g/mol. The first kappa shape index (κ1) is 14.5. The van der Waals surface area contributed by atoms with Crippen LogP contribution in [0.4, 0.5) is 10.2 Å². The summed E-state index contributed by atoms with van der Waals surface area (Å²) in [7, 11) is -0.838. The SMILES string of the molecule is CC1(C)COP(CCc2ccc(OF)cc2N)OC1. The fourth-order valence-corrected chi connectivity index (χ4v) is 3.51. The van der Waals surface area contributed by atoms with Crippen LogP contribution in [0.2, 0.25) is 0 Å². The molecule has 0 atom stereocenters. The maximum atomic E-state index is 12.0. The molecule has 19 heavy (non-hydrogen) atoms. The van der Waals surface area contributed by atoms with Crippen molar-refractivity contribution >= 4 is 14.1 Å². The Balaban J connectivity index is 1.86. The van der Waals surface area contributed by atoms with E-state index in [2.05, 4.69) is 18.8 Å². The third kappa shape index (κ3) is 4.03. The summed E-state index contributed by atoms with van der Waals surface area (Å²) in [5, 5.41) is 0. The van der Waals surface area contributed by atoms with Gasteiger partial charge >= 0.3 is 0 Å². The van der Waals surface area contributed by atoms with Crippen molar-refractivity contribution in [2.24, 2.45) is 5.41 Å². The highest BCUT2D eigenvalue weighted by Gasteiger charge is 2.28. The Hall–Kier alpha value is -0.900. The Kier molecular flexibility index (Phi) is 4.61. The number of hydrogen-bond donors (Lipinski definition) is 1. The molecular formula is C13H19FNO3P. The maximum absolute atomic E-state index is 12.0. The van der Waals surface area contributed by atoms with E-state index in [0.29, 0.717) is 5.69 Å². The zero-order valence-electron chi connectivity index (χ0n) is 11.2. The lowest BCUT2D eigenvalue weighted by Gasteiger charge is -2.33. The van der Waals surface area contributed by atoms with Crippen LogP contribution >= 0.6 is 8.38 Å². The molecule has 0 aromatic heterocycles. The Morgan fingerprint density at radius 2 is 2.05 bits per heavy atom. The van der Waals surface area contributed by atoms with Gasteiger partial charge in [0.1, 0.15) is 0 Å². The van der Waals surface area contributed by atoms with E-state index in [1.165, 1.54) is 6.07 Å². The summed E-state index contributed by atoms with van der Waals surface area (Å²) in [4.78, 5) is 3.64. The molecule has 0 radical (unpaired) electrons. The summed E-state index contributed by atoms with van der Waals surface area (Å²) in [6.45, 7) is 5.69. The van der Waals surface area contributed by atoms with E-state index in [9.17, 15) is 4.53 Å². The number of aryl methyl sites for hydroxylation is 1. The first-order valence-corrected chi connectivity index (χ1v) is 7.57. The van der Waals surface area contributed by atoms with Gasteiger partial charge in [-0.05, 0) is 18.1 Å². The van der Waals surface area contributed by atoms with Crippen LogP contribution < -0.4 is 10.7 Å². The van der Waals surface area contributed by atoms with Gasteiger partial charge in [-0.25, -0.2) is 0 Å². The fraction of sp³-hybridized carbons (Fsp3) is 0.538. The molecule has 2 rings (SSSR count). The number of nitrogen functional groups attached to an aromatic ring is 1. The van der Waals surface area contributed by atoms with E-state index < -0.39 is 8.38 Å². The smallest absolute Gasteiger partial charge is 0.173 e. The predicted molar refractivity (Wildman–Crippen MR) is 73.8 cm³/mol. The highest BCUT2D eigenvalue weighted by molar-refractivity contribution is 7.47. The summed E-state index contributed by atoms with van der Waals surface area (Å²) in [5.74, 6) is 0.124. The van der Waals surface area contributed by atoms with Crippen LogP contribution in [0.1, 0.15) is 19.4 Å². The van der Waals surface area contributed by atoms with Crippen molar-refractivity contribution in [1.29, 1.82) is 0 Å². The Morgan fingerprint density at radius 3 is 2.63 bits per heavy atom. The van der Waals surface area contributed by atoms with Crippen LogP contribution in [0, 0.1) is 5.41 Å². The summed E-state index contributed by atoms with van der Waals surface area (Å²) >= 11 is 0. The van der Waals surface area contributed by atoms with Crippen molar-refractivity contribution < 1.29 is 18.5 Å². The molecule has 1 aliphatic heterocycles. The maximum Gasteiger partial charge on any atom is 0.173 e. The first-order chi connectivity index (χ1) is 9.00. The molecule has 1 aromatic carbocycles. The average molecular weight is 287 g/mol. The molecule has 1 aromatic rings. The van der Waals surface area contributed by atoms with Gasteiger partial charge in [-0.1, -0.05) is 19.9 Å². The van der Waals surface area contributed by atoms with Gasteiger partial charge < -0.3 is 14.8 Å². The third-order valence-corrected chi connectivity index (χ3v) is 4.39. The lowest BCUT2D eigenvalue weighted by atomic mass is 9.97. The number of halogens is 1. The minimum absolute atomic E-state index is 0.0952. The molecule has 1 saturated heterocycles. The Bertz CT molecular complexity index is 432. The van der Waals surface area contributed by atoms with E-state index in [1.54, 1.807) is 12.1 Å². The summed E-state index contributed by atoms with van der Waals surface area (Å²) in [6.07, 6.45) is 1.55. The molecule has 0 saturated carbocycles. The van der Waals surface area contributed by atoms with Crippen molar-refractivity contribution in [2.45, 2.75) is 20.3 Å². The number of hydrogen-bond acceptors (Lipinski definition) is 4. The van der Waals surface area contributed by atoms with Crippen molar-refractivity contribution in [1.82, 2.24) is 0 Å². The summed E-state index contributed by atoms with van der Waals surface area (Å²) in [6, 6.07) is 4.81. The number of benzene rings is 1. The topological polar surface area (TPSA) is 53.7 Å². The van der Waals surface area contributed by atoms with E-state index >= 15 is 0 Å². The van der Waals surface area contributed by atoms with E-state index in [-0.39, 0.29) is 11.2 Å².